The molecule has 3 heterocycles. The summed E-state index contributed by atoms with van der Waals surface area (Å²) in [6.07, 6.45) is 4.63. The van der Waals surface area contributed by atoms with Gasteiger partial charge < -0.3 is 9.72 Å². The van der Waals surface area contributed by atoms with E-state index in [1.807, 2.05) is 0 Å². The van der Waals surface area contributed by atoms with Crippen LogP contribution in [-0.4, -0.2) is 22.5 Å². The first-order chi connectivity index (χ1) is 8.27. The molecule has 3 nitrogen and oxygen atoms in total. The maximum atomic E-state index is 4.80. The fraction of sp³-hybridized carbons (Fsp3) is 0.500. The van der Waals surface area contributed by atoms with Crippen molar-refractivity contribution >= 4 is 5.52 Å². The molecule has 1 unspecified atom stereocenters. The summed E-state index contributed by atoms with van der Waals surface area (Å²) in [4.78, 5) is 4.80. The highest BCUT2D eigenvalue weighted by molar-refractivity contribution is 5.60. The summed E-state index contributed by atoms with van der Waals surface area (Å²) in [6, 6.07) is 4.27. The molecule has 3 heteroatoms. The van der Waals surface area contributed by atoms with Crippen molar-refractivity contribution in [2.24, 2.45) is 0 Å². The zero-order chi connectivity index (χ0) is 11.8. The van der Waals surface area contributed by atoms with Gasteiger partial charge in [-0.05, 0) is 44.9 Å². The van der Waals surface area contributed by atoms with E-state index in [2.05, 4.69) is 41.9 Å². The summed E-state index contributed by atoms with van der Waals surface area (Å²) in [5.41, 5.74) is 3.93. The predicted octanol–water partition coefficient (Wildman–Crippen LogP) is 2.42. The van der Waals surface area contributed by atoms with Crippen molar-refractivity contribution in [3.63, 3.8) is 0 Å². The van der Waals surface area contributed by atoms with E-state index < -0.39 is 0 Å². The van der Waals surface area contributed by atoms with E-state index in [-0.39, 0.29) is 0 Å². The number of pyridine rings is 1. The first-order valence-electron chi connectivity index (χ1n) is 6.42. The molecule has 0 saturated carbocycles. The Morgan fingerprint density at radius 1 is 1.41 bits per heavy atom. The summed E-state index contributed by atoms with van der Waals surface area (Å²) >= 11 is 0. The maximum Gasteiger partial charge on any atom is 0.110 e. The minimum absolute atomic E-state index is 0.577. The Kier molecular flexibility index (Phi) is 2.63. The van der Waals surface area contributed by atoms with Gasteiger partial charge in [0, 0.05) is 18.7 Å². The Morgan fingerprint density at radius 2 is 2.29 bits per heavy atom. The van der Waals surface area contributed by atoms with Crippen LogP contribution in [0.15, 0.2) is 18.3 Å². The van der Waals surface area contributed by atoms with Crippen LogP contribution in [0.5, 0.6) is 0 Å². The van der Waals surface area contributed by atoms with Crippen LogP contribution in [0, 0.1) is 13.8 Å². The smallest absolute Gasteiger partial charge is 0.110 e. The fourth-order valence-corrected chi connectivity index (χ4v) is 2.86. The van der Waals surface area contributed by atoms with E-state index in [1.165, 1.54) is 29.6 Å². The van der Waals surface area contributed by atoms with Crippen LogP contribution < -0.4 is 5.32 Å². The lowest BCUT2D eigenvalue weighted by molar-refractivity contribution is 0.457. The number of imidazole rings is 1. The monoisotopic (exact) mass is 229 g/mol. The molecule has 0 radical (unpaired) electrons. The fourth-order valence-electron chi connectivity index (χ4n) is 2.86. The third-order valence-electron chi connectivity index (χ3n) is 3.75. The van der Waals surface area contributed by atoms with Crippen LogP contribution in [0.4, 0.5) is 0 Å². The van der Waals surface area contributed by atoms with Gasteiger partial charge in [0.05, 0.1) is 11.2 Å². The number of piperidine rings is 1. The minimum Gasteiger partial charge on any atom is -0.316 e. The molecular formula is C14H19N3. The van der Waals surface area contributed by atoms with Gasteiger partial charge in [0.1, 0.15) is 5.82 Å². The first kappa shape index (κ1) is 10.8. The second-order valence-corrected chi connectivity index (χ2v) is 5.00. The summed E-state index contributed by atoms with van der Waals surface area (Å²) in [5, 5.41) is 3.48. The van der Waals surface area contributed by atoms with Gasteiger partial charge in [0.15, 0.2) is 0 Å². The highest BCUT2D eigenvalue weighted by Crippen LogP contribution is 2.28. The van der Waals surface area contributed by atoms with E-state index in [0.29, 0.717) is 5.92 Å². The molecule has 2 aromatic rings. The topological polar surface area (TPSA) is 29.3 Å². The number of aromatic nitrogens is 2. The third kappa shape index (κ3) is 1.75. The number of rotatable bonds is 1. The van der Waals surface area contributed by atoms with Crippen LogP contribution >= 0.6 is 0 Å². The lowest BCUT2D eigenvalue weighted by atomic mass is 9.94. The van der Waals surface area contributed by atoms with Gasteiger partial charge in [0.2, 0.25) is 0 Å². The summed E-state index contributed by atoms with van der Waals surface area (Å²) in [6.45, 7) is 6.49. The molecule has 0 spiro atoms. The van der Waals surface area contributed by atoms with E-state index in [1.54, 1.807) is 0 Å². The molecule has 1 N–H and O–H groups in total. The quantitative estimate of drug-likeness (QED) is 0.813. The molecule has 90 valence electrons. The molecule has 17 heavy (non-hydrogen) atoms. The van der Waals surface area contributed by atoms with Gasteiger partial charge in [-0.3, -0.25) is 0 Å². The normalized spacial score (nSPS) is 20.9. The van der Waals surface area contributed by atoms with Crippen LogP contribution in [0.25, 0.3) is 5.52 Å². The van der Waals surface area contributed by atoms with E-state index in [9.17, 15) is 0 Å². The predicted molar refractivity (Wildman–Crippen MR) is 69.5 cm³/mol. The second-order valence-electron chi connectivity index (χ2n) is 5.00. The lowest BCUT2D eigenvalue weighted by Crippen LogP contribution is -2.28. The highest BCUT2D eigenvalue weighted by atomic mass is 15.0. The Morgan fingerprint density at radius 3 is 3.06 bits per heavy atom. The lowest BCUT2D eigenvalue weighted by Gasteiger charge is -2.21. The minimum atomic E-state index is 0.577. The van der Waals surface area contributed by atoms with Crippen molar-refractivity contribution in [3.05, 3.63) is 35.4 Å². The molecule has 0 aliphatic carbocycles. The summed E-state index contributed by atoms with van der Waals surface area (Å²) in [5.74, 6) is 1.68. The molecule has 0 amide bonds. The van der Waals surface area contributed by atoms with Crippen molar-refractivity contribution in [2.75, 3.05) is 13.1 Å². The first-order valence-corrected chi connectivity index (χ1v) is 6.42. The summed E-state index contributed by atoms with van der Waals surface area (Å²) < 4.78 is 2.22. The number of hydrogen-bond donors (Lipinski definition) is 1. The Balaban J connectivity index is 2.15. The van der Waals surface area contributed by atoms with Gasteiger partial charge in [-0.1, -0.05) is 6.07 Å². The maximum absolute atomic E-state index is 4.80. The molecule has 2 aromatic heterocycles. The Hall–Kier alpha value is -1.35. The van der Waals surface area contributed by atoms with Crippen molar-refractivity contribution < 1.29 is 0 Å². The van der Waals surface area contributed by atoms with E-state index in [4.69, 9.17) is 4.98 Å². The molecule has 3 rings (SSSR count). The molecule has 1 atom stereocenters. The number of nitrogens with one attached hydrogen (secondary N) is 1. The van der Waals surface area contributed by atoms with Gasteiger partial charge >= 0.3 is 0 Å². The number of aryl methyl sites for hydroxylation is 2. The molecular weight excluding hydrogens is 210 g/mol. The third-order valence-corrected chi connectivity index (χ3v) is 3.75. The number of fused-ring (bicyclic) bond motifs is 1. The standard InChI is InChI=1S/C14H19N3/c1-10-5-4-8-17-11(2)16-13(14(10)17)12-6-3-7-15-9-12/h4-5,8,12,15H,3,6-7,9H2,1-2H3. The average Bonchev–Trinajstić information content (AvgIpc) is 2.70. The van der Waals surface area contributed by atoms with Crippen molar-refractivity contribution in [1.82, 2.24) is 14.7 Å². The van der Waals surface area contributed by atoms with Crippen molar-refractivity contribution in [3.8, 4) is 0 Å². The van der Waals surface area contributed by atoms with Crippen molar-refractivity contribution in [2.45, 2.75) is 32.6 Å². The molecule has 0 bridgehead atoms. The molecule has 1 saturated heterocycles. The van der Waals surface area contributed by atoms with Crippen LogP contribution in [0.2, 0.25) is 0 Å². The van der Waals surface area contributed by atoms with Gasteiger partial charge in [-0.25, -0.2) is 4.98 Å². The Bertz CT molecular complexity index is 536. The van der Waals surface area contributed by atoms with Crippen molar-refractivity contribution in [1.29, 1.82) is 0 Å². The SMILES string of the molecule is Cc1cccn2c(C)nc(C3CCCNC3)c12. The largest absolute Gasteiger partial charge is 0.316 e. The second kappa shape index (κ2) is 4.15. The molecule has 1 aliphatic heterocycles. The number of hydrogen-bond acceptors (Lipinski definition) is 2. The molecule has 1 fully saturated rings. The number of nitrogens with zero attached hydrogens (tertiary/aromatic N) is 2. The van der Waals surface area contributed by atoms with Gasteiger partial charge in [-0.15, -0.1) is 0 Å². The zero-order valence-corrected chi connectivity index (χ0v) is 10.5. The molecule has 1 aliphatic rings. The van der Waals surface area contributed by atoms with Crippen LogP contribution in [0.1, 0.15) is 35.8 Å². The van der Waals surface area contributed by atoms with Crippen LogP contribution in [0.3, 0.4) is 0 Å². The summed E-state index contributed by atoms with van der Waals surface area (Å²) in [7, 11) is 0. The average molecular weight is 229 g/mol. The Labute approximate surface area is 102 Å². The van der Waals surface area contributed by atoms with Crippen LogP contribution in [-0.2, 0) is 0 Å². The zero-order valence-electron chi connectivity index (χ0n) is 10.5. The highest BCUT2D eigenvalue weighted by Gasteiger charge is 2.21. The van der Waals surface area contributed by atoms with E-state index in [0.717, 1.165) is 18.9 Å². The van der Waals surface area contributed by atoms with Gasteiger partial charge in [0.25, 0.3) is 0 Å². The van der Waals surface area contributed by atoms with Gasteiger partial charge in [-0.2, -0.15) is 0 Å². The molecule has 0 aromatic carbocycles. The van der Waals surface area contributed by atoms with E-state index >= 15 is 0 Å².